The van der Waals surface area contributed by atoms with E-state index in [0.29, 0.717) is 25.9 Å². The third-order valence-corrected chi connectivity index (χ3v) is 6.48. The third-order valence-electron chi connectivity index (χ3n) is 5.18. The SMILES string of the molecule is C[C@@]1(O)CC(F)(F)C[C@H]1Oc1nc(NC2CCN(S(C)(=O)=O)CC2)ncc1C#N. The van der Waals surface area contributed by atoms with Crippen molar-refractivity contribution in [1.82, 2.24) is 14.3 Å². The number of nitrogens with one attached hydrogen (secondary N) is 1. The van der Waals surface area contributed by atoms with E-state index in [9.17, 15) is 27.6 Å². The van der Waals surface area contributed by atoms with Gasteiger partial charge in [-0.2, -0.15) is 10.2 Å². The van der Waals surface area contributed by atoms with E-state index in [1.165, 1.54) is 17.4 Å². The predicted octanol–water partition coefficient (Wildman–Crippen LogP) is 1.11. The van der Waals surface area contributed by atoms with Gasteiger partial charge in [-0.1, -0.05) is 0 Å². The van der Waals surface area contributed by atoms with Crippen LogP contribution in [0.5, 0.6) is 5.88 Å². The number of alkyl halides is 2. The summed E-state index contributed by atoms with van der Waals surface area (Å²) < 4.78 is 57.4. The molecule has 12 heteroatoms. The number of piperidine rings is 1. The lowest BCUT2D eigenvalue weighted by atomic mass is 10.0. The molecule has 1 aliphatic carbocycles. The minimum Gasteiger partial charge on any atom is -0.470 e. The average Bonchev–Trinajstić information content (AvgIpc) is 2.81. The quantitative estimate of drug-likeness (QED) is 0.710. The highest BCUT2D eigenvalue weighted by Gasteiger charge is 2.54. The van der Waals surface area contributed by atoms with Crippen molar-refractivity contribution in [2.75, 3.05) is 24.7 Å². The molecule has 2 N–H and O–H groups in total. The van der Waals surface area contributed by atoms with E-state index in [2.05, 4.69) is 15.3 Å². The van der Waals surface area contributed by atoms with Crippen molar-refractivity contribution in [2.24, 2.45) is 0 Å². The van der Waals surface area contributed by atoms with Crippen molar-refractivity contribution in [1.29, 1.82) is 5.26 Å². The van der Waals surface area contributed by atoms with E-state index in [1.807, 2.05) is 6.07 Å². The number of anilines is 1. The molecule has 160 valence electrons. The normalized spacial score (nSPS) is 28.1. The Kier molecular flexibility index (Phi) is 5.68. The molecule has 2 aliphatic rings. The molecule has 29 heavy (non-hydrogen) atoms. The number of halogens is 2. The minimum absolute atomic E-state index is 0.0338. The van der Waals surface area contributed by atoms with Gasteiger partial charge in [-0.25, -0.2) is 26.5 Å². The van der Waals surface area contributed by atoms with Crippen LogP contribution in [0.25, 0.3) is 0 Å². The second-order valence-electron chi connectivity index (χ2n) is 7.81. The molecule has 1 aromatic heterocycles. The Morgan fingerprint density at radius 3 is 2.59 bits per heavy atom. The summed E-state index contributed by atoms with van der Waals surface area (Å²) in [6, 6.07) is 1.76. The maximum atomic E-state index is 13.7. The highest BCUT2D eigenvalue weighted by Crippen LogP contribution is 2.43. The summed E-state index contributed by atoms with van der Waals surface area (Å²) >= 11 is 0. The zero-order chi connectivity index (χ0) is 21.4. The number of hydrogen-bond donors (Lipinski definition) is 2. The standard InChI is InChI=1S/C17H23F2N5O4S/c1-16(25)10-17(18,19)7-13(16)28-14-11(8-20)9-21-15(23-14)22-12-3-5-24(6-4-12)29(2,26)27/h9,12-13,25H,3-7,10H2,1-2H3,(H,21,22,23)/t13-,16-/m1/s1. The molecule has 1 saturated heterocycles. The first kappa shape index (κ1) is 21.6. The van der Waals surface area contributed by atoms with Gasteiger partial charge in [0.15, 0.2) is 0 Å². The van der Waals surface area contributed by atoms with Gasteiger partial charge in [-0.05, 0) is 19.8 Å². The first-order chi connectivity index (χ1) is 13.4. The summed E-state index contributed by atoms with van der Waals surface area (Å²) in [6.07, 6.45) is 0.828. The second-order valence-corrected chi connectivity index (χ2v) is 9.79. The van der Waals surface area contributed by atoms with E-state index >= 15 is 0 Å². The summed E-state index contributed by atoms with van der Waals surface area (Å²) in [6.45, 7) is 1.98. The van der Waals surface area contributed by atoms with Gasteiger partial charge in [-0.3, -0.25) is 0 Å². The highest BCUT2D eigenvalue weighted by atomic mass is 32.2. The molecule has 0 unspecified atom stereocenters. The molecular weight excluding hydrogens is 408 g/mol. The van der Waals surface area contributed by atoms with Crippen LogP contribution in [0, 0.1) is 11.3 Å². The van der Waals surface area contributed by atoms with Crippen LogP contribution in [-0.2, 0) is 10.0 Å². The fourth-order valence-corrected chi connectivity index (χ4v) is 4.49. The number of nitrogens with zero attached hydrogens (tertiary/aromatic N) is 4. The smallest absolute Gasteiger partial charge is 0.254 e. The maximum Gasteiger partial charge on any atom is 0.254 e. The molecule has 2 atom stereocenters. The molecule has 0 aromatic carbocycles. The van der Waals surface area contributed by atoms with Gasteiger partial charge in [-0.15, -0.1) is 0 Å². The Hall–Kier alpha value is -2.10. The van der Waals surface area contributed by atoms with Crippen molar-refractivity contribution in [3.8, 4) is 11.9 Å². The minimum atomic E-state index is -3.24. The highest BCUT2D eigenvalue weighted by molar-refractivity contribution is 7.88. The largest absolute Gasteiger partial charge is 0.470 e. The molecule has 0 amide bonds. The first-order valence-corrected chi connectivity index (χ1v) is 11.0. The lowest BCUT2D eigenvalue weighted by Crippen LogP contribution is -2.42. The number of aromatic nitrogens is 2. The van der Waals surface area contributed by atoms with Crippen molar-refractivity contribution in [3.05, 3.63) is 11.8 Å². The van der Waals surface area contributed by atoms with Crippen LogP contribution >= 0.6 is 0 Å². The molecule has 2 heterocycles. The van der Waals surface area contributed by atoms with Crippen LogP contribution in [0.1, 0.15) is 38.2 Å². The fourth-order valence-electron chi connectivity index (χ4n) is 3.62. The maximum absolute atomic E-state index is 13.7. The molecule has 1 saturated carbocycles. The van der Waals surface area contributed by atoms with Crippen molar-refractivity contribution in [3.63, 3.8) is 0 Å². The summed E-state index contributed by atoms with van der Waals surface area (Å²) in [5, 5.41) is 22.5. The van der Waals surface area contributed by atoms with Gasteiger partial charge in [0.05, 0.1) is 18.9 Å². The Balaban J connectivity index is 1.71. The van der Waals surface area contributed by atoms with Crippen molar-refractivity contribution >= 4 is 16.0 Å². The van der Waals surface area contributed by atoms with Gasteiger partial charge < -0.3 is 15.2 Å². The molecule has 0 spiro atoms. The van der Waals surface area contributed by atoms with Crippen LogP contribution in [0.3, 0.4) is 0 Å². The molecule has 0 bridgehead atoms. The lowest BCUT2D eigenvalue weighted by molar-refractivity contribution is -0.0406. The number of sulfonamides is 1. The Labute approximate surface area is 167 Å². The number of rotatable bonds is 5. The predicted molar refractivity (Wildman–Crippen MR) is 99.0 cm³/mol. The molecular formula is C17H23F2N5O4S. The summed E-state index contributed by atoms with van der Waals surface area (Å²) in [7, 11) is -3.24. The van der Waals surface area contributed by atoms with Crippen LogP contribution in [-0.4, -0.2) is 70.8 Å². The summed E-state index contributed by atoms with van der Waals surface area (Å²) in [4.78, 5) is 8.17. The first-order valence-electron chi connectivity index (χ1n) is 9.15. The Bertz CT molecular complexity index is 911. The molecule has 3 rings (SSSR count). The van der Waals surface area contributed by atoms with Gasteiger partial charge in [0.25, 0.3) is 5.92 Å². The number of nitriles is 1. The Morgan fingerprint density at radius 1 is 1.41 bits per heavy atom. The van der Waals surface area contributed by atoms with Crippen molar-refractivity contribution < 1.29 is 27.0 Å². The fraction of sp³-hybridized carbons (Fsp3) is 0.706. The van der Waals surface area contributed by atoms with Gasteiger partial charge in [0, 0.05) is 25.6 Å². The van der Waals surface area contributed by atoms with E-state index < -0.39 is 40.5 Å². The van der Waals surface area contributed by atoms with Crippen molar-refractivity contribution in [2.45, 2.75) is 56.3 Å². The second kappa shape index (κ2) is 7.62. The zero-order valence-electron chi connectivity index (χ0n) is 16.1. The van der Waals surface area contributed by atoms with E-state index in [-0.39, 0.29) is 23.4 Å². The van der Waals surface area contributed by atoms with E-state index in [1.54, 1.807) is 0 Å². The zero-order valence-corrected chi connectivity index (χ0v) is 16.9. The number of aliphatic hydroxyl groups is 1. The summed E-state index contributed by atoms with van der Waals surface area (Å²) in [5.74, 6) is -3.11. The topological polar surface area (TPSA) is 128 Å². The Morgan fingerprint density at radius 2 is 2.07 bits per heavy atom. The van der Waals surface area contributed by atoms with Crippen LogP contribution < -0.4 is 10.1 Å². The van der Waals surface area contributed by atoms with E-state index in [4.69, 9.17) is 4.74 Å². The average molecular weight is 431 g/mol. The van der Waals surface area contributed by atoms with E-state index in [0.717, 1.165) is 6.26 Å². The molecule has 1 aliphatic heterocycles. The molecule has 0 radical (unpaired) electrons. The number of ether oxygens (including phenoxy) is 1. The van der Waals surface area contributed by atoms with Gasteiger partial charge in [0.2, 0.25) is 21.9 Å². The lowest BCUT2D eigenvalue weighted by Gasteiger charge is -2.30. The van der Waals surface area contributed by atoms with Crippen LogP contribution in [0.15, 0.2) is 6.20 Å². The van der Waals surface area contributed by atoms with Crippen LogP contribution in [0.4, 0.5) is 14.7 Å². The molecule has 9 nitrogen and oxygen atoms in total. The monoisotopic (exact) mass is 431 g/mol. The van der Waals surface area contributed by atoms with Gasteiger partial charge >= 0.3 is 0 Å². The third kappa shape index (κ3) is 5.09. The van der Waals surface area contributed by atoms with Crippen LogP contribution in [0.2, 0.25) is 0 Å². The molecule has 2 fully saturated rings. The summed E-state index contributed by atoms with van der Waals surface area (Å²) in [5.41, 5.74) is -1.79. The van der Waals surface area contributed by atoms with Gasteiger partial charge in [0.1, 0.15) is 23.3 Å². The molecule has 1 aromatic rings. The number of hydrogen-bond acceptors (Lipinski definition) is 8.